The lowest BCUT2D eigenvalue weighted by Gasteiger charge is -2.28. The number of hydrogen-bond acceptors (Lipinski definition) is 4. The Kier molecular flexibility index (Phi) is 4.04. The summed E-state index contributed by atoms with van der Waals surface area (Å²) in [5.74, 6) is 0. The number of carbonyl (C=O) groups excluding carboxylic acids is 1. The van der Waals surface area contributed by atoms with Crippen LogP contribution in [0.15, 0.2) is 12.3 Å². The number of aromatic nitrogens is 2. The van der Waals surface area contributed by atoms with E-state index >= 15 is 0 Å². The zero-order valence-corrected chi connectivity index (χ0v) is 12.7. The topological polar surface area (TPSA) is 73.4 Å². The van der Waals surface area contributed by atoms with Crippen molar-refractivity contribution in [2.24, 2.45) is 5.73 Å². The summed E-state index contributed by atoms with van der Waals surface area (Å²) in [6.07, 6.45) is 2.25. The molecular weight excluding hydrogens is 256 g/mol. The van der Waals surface area contributed by atoms with Gasteiger partial charge in [0.1, 0.15) is 5.60 Å². The summed E-state index contributed by atoms with van der Waals surface area (Å²) >= 11 is 0. The molecule has 2 N–H and O–H groups in total. The van der Waals surface area contributed by atoms with Gasteiger partial charge in [-0.05, 0) is 40.2 Å². The van der Waals surface area contributed by atoms with Crippen LogP contribution < -0.4 is 5.73 Å². The van der Waals surface area contributed by atoms with E-state index in [1.165, 1.54) is 0 Å². The summed E-state index contributed by atoms with van der Waals surface area (Å²) < 4.78 is 7.35. The van der Waals surface area contributed by atoms with Gasteiger partial charge in [0.15, 0.2) is 0 Å². The lowest BCUT2D eigenvalue weighted by molar-refractivity contribution is 0.0209. The molecule has 0 aliphatic carbocycles. The van der Waals surface area contributed by atoms with E-state index in [1.807, 2.05) is 38.4 Å². The summed E-state index contributed by atoms with van der Waals surface area (Å²) in [5.41, 5.74) is 6.59. The van der Waals surface area contributed by atoms with E-state index in [0.29, 0.717) is 13.1 Å². The molecule has 2 atom stereocenters. The van der Waals surface area contributed by atoms with Crippen LogP contribution in [0.1, 0.15) is 32.9 Å². The monoisotopic (exact) mass is 280 g/mol. The van der Waals surface area contributed by atoms with Gasteiger partial charge in [-0.1, -0.05) is 0 Å². The first-order valence-electron chi connectivity index (χ1n) is 7.00. The Morgan fingerprint density at radius 3 is 2.80 bits per heavy atom. The third-order valence-corrected chi connectivity index (χ3v) is 3.39. The first-order valence-corrected chi connectivity index (χ1v) is 7.00. The Morgan fingerprint density at radius 1 is 1.55 bits per heavy atom. The highest BCUT2D eigenvalue weighted by molar-refractivity contribution is 5.69. The normalized spacial score (nSPS) is 23.1. The molecule has 1 fully saturated rings. The third kappa shape index (κ3) is 3.50. The minimum atomic E-state index is -0.490. The van der Waals surface area contributed by atoms with Gasteiger partial charge in [0.05, 0.1) is 12.6 Å². The molecule has 2 heterocycles. The number of rotatable bonds is 2. The average molecular weight is 280 g/mol. The van der Waals surface area contributed by atoms with E-state index < -0.39 is 5.60 Å². The lowest BCUT2D eigenvalue weighted by atomic mass is 10.2. The molecule has 0 saturated carbocycles. The summed E-state index contributed by atoms with van der Waals surface area (Å²) in [7, 11) is 0. The van der Waals surface area contributed by atoms with Gasteiger partial charge in [0, 0.05) is 24.5 Å². The van der Waals surface area contributed by atoms with Crippen LogP contribution in [-0.4, -0.2) is 45.0 Å². The summed E-state index contributed by atoms with van der Waals surface area (Å²) in [6, 6.07) is 1.99. The standard InChI is InChI=1S/C14H24N4O2/c1-10-5-6-16-18(10)9-12-7-11(15)8-17(12)13(19)20-14(2,3)4/h5-6,11-12H,7-9,15H2,1-4H3/t11?,12-/m1/s1. The smallest absolute Gasteiger partial charge is 0.410 e. The van der Waals surface area contributed by atoms with Crippen molar-refractivity contribution < 1.29 is 9.53 Å². The van der Waals surface area contributed by atoms with Crippen molar-refractivity contribution >= 4 is 6.09 Å². The molecule has 6 nitrogen and oxygen atoms in total. The number of nitrogens with two attached hydrogens (primary N) is 1. The van der Waals surface area contributed by atoms with Crippen LogP contribution in [0.3, 0.4) is 0 Å². The van der Waals surface area contributed by atoms with Crippen LogP contribution in [0.5, 0.6) is 0 Å². The van der Waals surface area contributed by atoms with Gasteiger partial charge in [-0.25, -0.2) is 4.79 Å². The van der Waals surface area contributed by atoms with Gasteiger partial charge < -0.3 is 15.4 Å². The number of carbonyl (C=O) groups is 1. The molecule has 1 aromatic rings. The van der Waals surface area contributed by atoms with Crippen LogP contribution in [-0.2, 0) is 11.3 Å². The third-order valence-electron chi connectivity index (χ3n) is 3.39. The largest absolute Gasteiger partial charge is 0.444 e. The fourth-order valence-electron chi connectivity index (χ4n) is 2.46. The summed E-state index contributed by atoms with van der Waals surface area (Å²) in [6.45, 7) is 8.81. The maximum absolute atomic E-state index is 12.2. The highest BCUT2D eigenvalue weighted by Gasteiger charge is 2.36. The predicted octanol–water partition coefficient (Wildman–Crippen LogP) is 1.53. The van der Waals surface area contributed by atoms with Crippen molar-refractivity contribution in [3.8, 4) is 0 Å². The maximum Gasteiger partial charge on any atom is 0.410 e. The van der Waals surface area contributed by atoms with Crippen LogP contribution in [0.25, 0.3) is 0 Å². The van der Waals surface area contributed by atoms with E-state index in [1.54, 1.807) is 11.1 Å². The van der Waals surface area contributed by atoms with Gasteiger partial charge in [-0.2, -0.15) is 5.10 Å². The number of nitrogens with zero attached hydrogens (tertiary/aromatic N) is 3. The van der Waals surface area contributed by atoms with E-state index in [-0.39, 0.29) is 18.2 Å². The Hall–Kier alpha value is -1.56. The van der Waals surface area contributed by atoms with E-state index in [2.05, 4.69) is 5.10 Å². The molecule has 1 amide bonds. The minimum absolute atomic E-state index is 0.00314. The molecule has 1 unspecified atom stereocenters. The van der Waals surface area contributed by atoms with Gasteiger partial charge >= 0.3 is 6.09 Å². The number of hydrogen-bond donors (Lipinski definition) is 1. The van der Waals surface area contributed by atoms with Crippen molar-refractivity contribution in [3.05, 3.63) is 18.0 Å². The molecule has 0 spiro atoms. The Labute approximate surface area is 119 Å². The van der Waals surface area contributed by atoms with Gasteiger partial charge in [-0.15, -0.1) is 0 Å². The highest BCUT2D eigenvalue weighted by Crippen LogP contribution is 2.21. The Balaban J connectivity index is 2.07. The molecule has 1 aromatic heterocycles. The summed E-state index contributed by atoms with van der Waals surface area (Å²) in [4.78, 5) is 14.0. The van der Waals surface area contributed by atoms with Crippen molar-refractivity contribution in [3.63, 3.8) is 0 Å². The SMILES string of the molecule is Cc1ccnn1C[C@H]1CC(N)CN1C(=O)OC(C)(C)C. The quantitative estimate of drug-likeness (QED) is 0.891. The fraction of sp³-hybridized carbons (Fsp3) is 0.714. The van der Waals surface area contributed by atoms with E-state index in [0.717, 1.165) is 12.1 Å². The first kappa shape index (κ1) is 14.8. The number of likely N-dealkylation sites (tertiary alicyclic amines) is 1. The van der Waals surface area contributed by atoms with Crippen molar-refractivity contribution in [2.45, 2.75) is 58.3 Å². The van der Waals surface area contributed by atoms with E-state index in [4.69, 9.17) is 10.5 Å². The van der Waals surface area contributed by atoms with Crippen molar-refractivity contribution in [1.82, 2.24) is 14.7 Å². The number of amides is 1. The van der Waals surface area contributed by atoms with Crippen LogP contribution >= 0.6 is 0 Å². The van der Waals surface area contributed by atoms with Crippen LogP contribution in [0, 0.1) is 6.92 Å². The van der Waals surface area contributed by atoms with Crippen molar-refractivity contribution in [1.29, 1.82) is 0 Å². The highest BCUT2D eigenvalue weighted by atomic mass is 16.6. The second-order valence-electron chi connectivity index (χ2n) is 6.44. The molecule has 0 aromatic carbocycles. The van der Waals surface area contributed by atoms with Crippen LogP contribution in [0.4, 0.5) is 4.79 Å². The zero-order valence-electron chi connectivity index (χ0n) is 12.7. The second-order valence-corrected chi connectivity index (χ2v) is 6.44. The second kappa shape index (κ2) is 5.44. The molecular formula is C14H24N4O2. The molecule has 112 valence electrons. The number of ether oxygens (including phenoxy) is 1. The Morgan fingerprint density at radius 2 is 2.25 bits per heavy atom. The average Bonchev–Trinajstić information content (AvgIpc) is 2.84. The van der Waals surface area contributed by atoms with Crippen molar-refractivity contribution in [2.75, 3.05) is 6.54 Å². The first-order chi connectivity index (χ1) is 9.26. The predicted molar refractivity (Wildman–Crippen MR) is 76.3 cm³/mol. The molecule has 6 heteroatoms. The Bertz CT molecular complexity index is 478. The molecule has 1 aliphatic heterocycles. The molecule has 0 bridgehead atoms. The van der Waals surface area contributed by atoms with Gasteiger partial charge in [0.2, 0.25) is 0 Å². The van der Waals surface area contributed by atoms with Gasteiger partial charge in [0.25, 0.3) is 0 Å². The minimum Gasteiger partial charge on any atom is -0.444 e. The molecule has 1 aliphatic rings. The molecule has 1 saturated heterocycles. The zero-order chi connectivity index (χ0) is 14.9. The molecule has 2 rings (SSSR count). The van der Waals surface area contributed by atoms with Gasteiger partial charge in [-0.3, -0.25) is 4.68 Å². The van der Waals surface area contributed by atoms with E-state index in [9.17, 15) is 4.79 Å². The molecule has 20 heavy (non-hydrogen) atoms. The maximum atomic E-state index is 12.2. The van der Waals surface area contributed by atoms with Crippen LogP contribution in [0.2, 0.25) is 0 Å². The lowest BCUT2D eigenvalue weighted by Crippen LogP contribution is -2.42. The number of aryl methyl sites for hydroxylation is 1. The summed E-state index contributed by atoms with van der Waals surface area (Å²) in [5, 5.41) is 4.27. The molecule has 0 radical (unpaired) electrons. The fourth-order valence-corrected chi connectivity index (χ4v) is 2.46.